The fraction of sp³-hybridized carbons (Fsp3) is 0.650. The molecule has 0 bridgehead atoms. The van der Waals surface area contributed by atoms with Crippen molar-refractivity contribution in [2.24, 2.45) is 11.8 Å². The van der Waals surface area contributed by atoms with Crippen LogP contribution in [0.3, 0.4) is 0 Å². The summed E-state index contributed by atoms with van der Waals surface area (Å²) >= 11 is 0. The van der Waals surface area contributed by atoms with Crippen molar-refractivity contribution in [1.29, 1.82) is 0 Å². The summed E-state index contributed by atoms with van der Waals surface area (Å²) in [6.45, 7) is 4.90. The molecule has 2 aliphatic carbocycles. The molecule has 1 aromatic rings. The molecule has 2 fully saturated rings. The Bertz CT molecular complexity index is 729. The van der Waals surface area contributed by atoms with Crippen molar-refractivity contribution in [3.63, 3.8) is 0 Å². The van der Waals surface area contributed by atoms with Crippen LogP contribution in [0.4, 0.5) is 5.95 Å². The minimum atomic E-state index is 0.188. The summed E-state index contributed by atoms with van der Waals surface area (Å²) < 4.78 is 5.44. The summed E-state index contributed by atoms with van der Waals surface area (Å²) in [5.41, 5.74) is 2.47. The molecule has 6 heteroatoms. The highest BCUT2D eigenvalue weighted by Crippen LogP contribution is 2.43. The third-order valence-corrected chi connectivity index (χ3v) is 6.38. The number of nitrogens with zero attached hydrogens (tertiary/aromatic N) is 4. The average molecular weight is 354 g/mol. The molecule has 0 N–H and O–H groups in total. The molecular formula is C20H26N4O2. The number of hydrogen-bond donors (Lipinski definition) is 0. The number of rotatable bonds is 2. The van der Waals surface area contributed by atoms with Gasteiger partial charge in [0.05, 0.1) is 18.9 Å². The zero-order chi connectivity index (χ0) is 17.5. The second kappa shape index (κ2) is 6.65. The lowest BCUT2D eigenvalue weighted by molar-refractivity contribution is -0.134. The van der Waals surface area contributed by atoms with Gasteiger partial charge in [-0.25, -0.2) is 9.97 Å². The summed E-state index contributed by atoms with van der Waals surface area (Å²) in [7, 11) is 0. The van der Waals surface area contributed by atoms with Crippen LogP contribution in [0.2, 0.25) is 0 Å². The zero-order valence-electron chi connectivity index (χ0n) is 15.1. The van der Waals surface area contributed by atoms with E-state index in [9.17, 15) is 4.79 Å². The van der Waals surface area contributed by atoms with E-state index < -0.39 is 0 Å². The van der Waals surface area contributed by atoms with Gasteiger partial charge < -0.3 is 14.5 Å². The molecule has 138 valence electrons. The van der Waals surface area contributed by atoms with E-state index in [1.807, 2.05) is 6.20 Å². The van der Waals surface area contributed by atoms with Crippen LogP contribution in [-0.2, 0) is 16.0 Å². The van der Waals surface area contributed by atoms with E-state index in [0.717, 1.165) is 71.0 Å². The number of morpholine rings is 1. The number of allylic oxidation sites excluding steroid dienone is 2. The van der Waals surface area contributed by atoms with Gasteiger partial charge in [-0.3, -0.25) is 4.79 Å². The van der Waals surface area contributed by atoms with E-state index in [-0.39, 0.29) is 5.92 Å². The molecular weight excluding hydrogens is 328 g/mol. The Balaban J connectivity index is 1.32. The molecule has 0 saturated carbocycles. The fourth-order valence-electron chi connectivity index (χ4n) is 4.93. The molecule has 3 heterocycles. The molecule has 0 aromatic carbocycles. The number of carbonyl (C=O) groups is 1. The van der Waals surface area contributed by atoms with Crippen molar-refractivity contribution < 1.29 is 9.53 Å². The predicted octanol–water partition coefficient (Wildman–Crippen LogP) is 1.77. The summed E-state index contributed by atoms with van der Waals surface area (Å²) in [6, 6.07) is 0. The van der Waals surface area contributed by atoms with Crippen LogP contribution in [0, 0.1) is 11.8 Å². The monoisotopic (exact) mass is 354 g/mol. The standard InChI is InChI=1S/C20H26N4O2/c25-19(14-4-2-1-3-5-14)24-12-16-10-15-11-21-20(22-18(15)17(16)13-24)23-6-8-26-9-7-23/h1-2,11,14,16-17H,3-10,12-13H2/t14-,16-,17+/m1/s1. The van der Waals surface area contributed by atoms with Crippen LogP contribution in [0.5, 0.6) is 0 Å². The number of hydrogen-bond acceptors (Lipinski definition) is 5. The van der Waals surface area contributed by atoms with E-state index in [1.165, 1.54) is 11.3 Å². The number of aromatic nitrogens is 2. The second-order valence-corrected chi connectivity index (χ2v) is 7.98. The van der Waals surface area contributed by atoms with E-state index in [2.05, 4.69) is 26.9 Å². The minimum absolute atomic E-state index is 0.188. The zero-order valence-corrected chi connectivity index (χ0v) is 15.1. The van der Waals surface area contributed by atoms with Gasteiger partial charge in [0.15, 0.2) is 0 Å². The predicted molar refractivity (Wildman–Crippen MR) is 98.1 cm³/mol. The average Bonchev–Trinajstić information content (AvgIpc) is 3.26. The molecule has 2 aliphatic heterocycles. The first kappa shape index (κ1) is 16.2. The quantitative estimate of drug-likeness (QED) is 0.758. The lowest BCUT2D eigenvalue weighted by atomic mass is 9.93. The number of likely N-dealkylation sites (tertiary alicyclic amines) is 1. The number of ether oxygens (including phenoxy) is 1. The fourth-order valence-corrected chi connectivity index (χ4v) is 4.93. The highest BCUT2D eigenvalue weighted by atomic mass is 16.5. The first-order chi connectivity index (χ1) is 12.8. The Hall–Kier alpha value is -1.95. The maximum atomic E-state index is 12.9. The third-order valence-electron chi connectivity index (χ3n) is 6.38. The lowest BCUT2D eigenvalue weighted by Gasteiger charge is -2.27. The van der Waals surface area contributed by atoms with Gasteiger partial charge in [-0.1, -0.05) is 12.2 Å². The van der Waals surface area contributed by atoms with Gasteiger partial charge in [0.2, 0.25) is 11.9 Å². The third kappa shape index (κ3) is 2.80. The molecule has 5 rings (SSSR count). The van der Waals surface area contributed by atoms with Gasteiger partial charge in [-0.2, -0.15) is 0 Å². The van der Waals surface area contributed by atoms with Gasteiger partial charge in [-0.15, -0.1) is 0 Å². The van der Waals surface area contributed by atoms with Crippen molar-refractivity contribution in [3.8, 4) is 0 Å². The van der Waals surface area contributed by atoms with Crippen LogP contribution in [0.15, 0.2) is 18.3 Å². The lowest BCUT2D eigenvalue weighted by Crippen LogP contribution is -2.37. The molecule has 0 spiro atoms. The number of fused-ring (bicyclic) bond motifs is 3. The summed E-state index contributed by atoms with van der Waals surface area (Å²) in [5, 5.41) is 0. The molecule has 1 amide bonds. The molecule has 3 atom stereocenters. The van der Waals surface area contributed by atoms with Crippen molar-refractivity contribution in [1.82, 2.24) is 14.9 Å². The summed E-state index contributed by atoms with van der Waals surface area (Å²) in [5.74, 6) is 2.27. The van der Waals surface area contributed by atoms with Gasteiger partial charge in [-0.05, 0) is 37.2 Å². The van der Waals surface area contributed by atoms with Gasteiger partial charge in [0.25, 0.3) is 0 Å². The largest absolute Gasteiger partial charge is 0.378 e. The van der Waals surface area contributed by atoms with Gasteiger partial charge in [0.1, 0.15) is 0 Å². The van der Waals surface area contributed by atoms with Gasteiger partial charge in [0, 0.05) is 44.2 Å². The smallest absolute Gasteiger partial charge is 0.226 e. The molecule has 1 aromatic heterocycles. The van der Waals surface area contributed by atoms with Crippen molar-refractivity contribution >= 4 is 11.9 Å². The number of carbonyl (C=O) groups excluding carboxylic acids is 1. The Morgan fingerprint density at radius 1 is 1.19 bits per heavy atom. The first-order valence-corrected chi connectivity index (χ1v) is 9.92. The molecule has 2 saturated heterocycles. The van der Waals surface area contributed by atoms with Crippen molar-refractivity contribution in [3.05, 3.63) is 29.6 Å². The molecule has 6 nitrogen and oxygen atoms in total. The Morgan fingerprint density at radius 2 is 2.08 bits per heavy atom. The minimum Gasteiger partial charge on any atom is -0.378 e. The molecule has 0 unspecified atom stereocenters. The highest BCUT2D eigenvalue weighted by molar-refractivity contribution is 5.79. The number of amides is 1. The van der Waals surface area contributed by atoms with E-state index in [4.69, 9.17) is 9.72 Å². The van der Waals surface area contributed by atoms with Gasteiger partial charge >= 0.3 is 0 Å². The highest BCUT2D eigenvalue weighted by Gasteiger charge is 2.44. The number of anilines is 1. The van der Waals surface area contributed by atoms with Crippen molar-refractivity contribution in [2.75, 3.05) is 44.3 Å². The normalized spacial score (nSPS) is 30.4. The van der Waals surface area contributed by atoms with Crippen LogP contribution < -0.4 is 4.90 Å². The maximum Gasteiger partial charge on any atom is 0.226 e. The Labute approximate surface area is 154 Å². The molecule has 4 aliphatic rings. The Kier molecular flexibility index (Phi) is 4.15. The molecule has 0 radical (unpaired) electrons. The summed E-state index contributed by atoms with van der Waals surface area (Å²) in [6.07, 6.45) is 10.3. The first-order valence-electron chi connectivity index (χ1n) is 9.92. The Morgan fingerprint density at radius 3 is 2.88 bits per heavy atom. The van der Waals surface area contributed by atoms with E-state index in [1.54, 1.807) is 0 Å². The van der Waals surface area contributed by atoms with E-state index in [0.29, 0.717) is 17.7 Å². The van der Waals surface area contributed by atoms with Crippen molar-refractivity contribution in [2.45, 2.75) is 31.6 Å². The summed E-state index contributed by atoms with van der Waals surface area (Å²) in [4.78, 5) is 26.8. The van der Waals surface area contributed by atoms with Crippen LogP contribution >= 0.6 is 0 Å². The van der Waals surface area contributed by atoms with E-state index >= 15 is 0 Å². The van der Waals surface area contributed by atoms with Crippen LogP contribution in [0.25, 0.3) is 0 Å². The maximum absolute atomic E-state index is 12.9. The van der Waals surface area contributed by atoms with Crippen LogP contribution in [-0.4, -0.2) is 60.2 Å². The SMILES string of the molecule is O=C([C@@H]1CC=CCC1)N1C[C@H]2Cc3cnc(N4CCOCC4)nc3[C@H]2C1. The van der Waals surface area contributed by atoms with Crippen LogP contribution in [0.1, 0.15) is 36.4 Å². The molecule has 26 heavy (non-hydrogen) atoms. The topological polar surface area (TPSA) is 58.6 Å². The second-order valence-electron chi connectivity index (χ2n) is 7.98.